The molecule has 148 valence electrons. The molecule has 1 atom stereocenters. The number of hydrogen-bond acceptors (Lipinski definition) is 3. The number of carbonyl (C=O) groups excluding carboxylic acids is 2. The van der Waals surface area contributed by atoms with Gasteiger partial charge in [-0.1, -0.05) is 54.2 Å². The van der Waals surface area contributed by atoms with Gasteiger partial charge in [-0.2, -0.15) is 14.3 Å². The van der Waals surface area contributed by atoms with Gasteiger partial charge in [0, 0.05) is 6.42 Å². The molecule has 0 aliphatic carbocycles. The second kappa shape index (κ2) is 7.95. The Kier molecular flexibility index (Phi) is 5.37. The standard InChI is InChI=1S/C23H22FN2O2S/c1-15-16(2)29-22-20(15)21(27)25(12-11-17-7-4-3-5-8-17)23(28)26(22)14-18-9-6-10-19(24)13-18/h3-10,13,20H,11-12,14H2,1-2H3/q+1. The molecule has 2 aromatic carbocycles. The molecule has 4 rings (SSSR count). The summed E-state index contributed by atoms with van der Waals surface area (Å²) in [5.74, 6) is -0.935. The number of urea groups is 1. The molecule has 2 heterocycles. The molecule has 0 spiro atoms. The summed E-state index contributed by atoms with van der Waals surface area (Å²) in [7, 11) is 0. The second-order valence-electron chi connectivity index (χ2n) is 7.34. The number of rotatable bonds is 5. The van der Waals surface area contributed by atoms with Crippen LogP contribution in [0.1, 0.15) is 25.0 Å². The number of thioether (sulfide) groups is 1. The van der Waals surface area contributed by atoms with Crippen LogP contribution in [0.4, 0.5) is 9.18 Å². The van der Waals surface area contributed by atoms with E-state index in [1.165, 1.54) is 28.8 Å². The van der Waals surface area contributed by atoms with E-state index in [1.807, 2.05) is 44.2 Å². The highest BCUT2D eigenvalue weighted by Crippen LogP contribution is 2.41. The molecule has 0 aromatic heterocycles. The Morgan fingerprint density at radius 1 is 1.03 bits per heavy atom. The van der Waals surface area contributed by atoms with Gasteiger partial charge in [-0.05, 0) is 47.6 Å². The topological polar surface area (TPSA) is 40.4 Å². The predicted octanol–water partition coefficient (Wildman–Crippen LogP) is 4.60. The average molecular weight is 410 g/mol. The summed E-state index contributed by atoms with van der Waals surface area (Å²) >= 11 is 1.47. The number of carbonyl (C=O) groups is 2. The van der Waals surface area contributed by atoms with E-state index >= 15 is 0 Å². The highest BCUT2D eigenvalue weighted by atomic mass is 32.2. The van der Waals surface area contributed by atoms with Crippen molar-refractivity contribution in [2.45, 2.75) is 26.8 Å². The summed E-state index contributed by atoms with van der Waals surface area (Å²) in [6.07, 6.45) is 0.600. The molecule has 6 heteroatoms. The SMILES string of the molecule is CC1=C(C)C2C(=O)N(CCc3ccccc3)C(=O)[N+](Cc3cccc(F)c3)=C2S1. The van der Waals surface area contributed by atoms with Crippen molar-refractivity contribution in [2.24, 2.45) is 5.92 Å². The zero-order valence-corrected chi connectivity index (χ0v) is 17.2. The lowest BCUT2D eigenvalue weighted by molar-refractivity contribution is -0.454. The quantitative estimate of drug-likeness (QED) is 0.678. The summed E-state index contributed by atoms with van der Waals surface area (Å²) < 4.78 is 15.3. The van der Waals surface area contributed by atoms with Crippen molar-refractivity contribution in [3.05, 3.63) is 82.0 Å². The fourth-order valence-electron chi connectivity index (χ4n) is 3.73. The summed E-state index contributed by atoms with van der Waals surface area (Å²) in [5, 5.41) is 0.732. The molecule has 4 nitrogen and oxygen atoms in total. The first kappa shape index (κ1) is 19.6. The van der Waals surface area contributed by atoms with Crippen LogP contribution in [-0.2, 0) is 17.8 Å². The average Bonchev–Trinajstić information content (AvgIpc) is 3.01. The first-order valence-corrected chi connectivity index (χ1v) is 10.4. The monoisotopic (exact) mass is 409 g/mol. The molecule has 1 unspecified atom stereocenters. The molecule has 2 aliphatic heterocycles. The summed E-state index contributed by atoms with van der Waals surface area (Å²) in [5.41, 5.74) is 2.75. The van der Waals surface area contributed by atoms with E-state index < -0.39 is 5.92 Å². The maximum absolute atomic E-state index is 13.7. The van der Waals surface area contributed by atoms with Crippen LogP contribution in [0, 0.1) is 11.7 Å². The van der Waals surface area contributed by atoms with Crippen molar-refractivity contribution in [2.75, 3.05) is 6.54 Å². The molecule has 2 aromatic rings. The summed E-state index contributed by atoms with van der Waals surface area (Å²) in [4.78, 5) is 28.9. The van der Waals surface area contributed by atoms with Crippen LogP contribution >= 0.6 is 11.8 Å². The molecule has 0 saturated heterocycles. The molecule has 0 bridgehead atoms. The van der Waals surface area contributed by atoms with Crippen molar-refractivity contribution < 1.29 is 18.6 Å². The Bertz CT molecular complexity index is 1050. The predicted molar refractivity (Wildman–Crippen MR) is 112 cm³/mol. The Labute approximate surface area is 173 Å². The van der Waals surface area contributed by atoms with E-state index in [0.717, 1.165) is 21.1 Å². The first-order chi connectivity index (χ1) is 14.0. The molecule has 3 amide bonds. The van der Waals surface area contributed by atoms with E-state index in [-0.39, 0.29) is 24.3 Å². The van der Waals surface area contributed by atoms with Gasteiger partial charge in [-0.25, -0.2) is 9.18 Å². The number of benzene rings is 2. The smallest absolute Gasteiger partial charge is 0.245 e. The molecule has 2 aliphatic rings. The fraction of sp³-hybridized carbons (Fsp3) is 0.261. The molecular weight excluding hydrogens is 387 g/mol. The Morgan fingerprint density at radius 3 is 2.48 bits per heavy atom. The minimum atomic E-state index is -0.429. The van der Waals surface area contributed by atoms with Crippen LogP contribution in [-0.4, -0.2) is 33.0 Å². The lowest BCUT2D eigenvalue weighted by Crippen LogP contribution is -2.53. The van der Waals surface area contributed by atoms with Gasteiger partial charge in [0.15, 0.2) is 11.0 Å². The second-order valence-corrected chi connectivity index (χ2v) is 8.57. The maximum atomic E-state index is 13.7. The zero-order chi connectivity index (χ0) is 20.5. The van der Waals surface area contributed by atoms with Gasteiger partial charge in [-0.15, -0.1) is 0 Å². The van der Waals surface area contributed by atoms with Crippen LogP contribution in [0.3, 0.4) is 0 Å². The van der Waals surface area contributed by atoms with Crippen LogP contribution in [0.25, 0.3) is 0 Å². The summed E-state index contributed by atoms with van der Waals surface area (Å²) in [6, 6.07) is 15.7. The number of nitrogens with zero attached hydrogens (tertiary/aromatic N) is 2. The van der Waals surface area contributed by atoms with Crippen molar-refractivity contribution in [1.29, 1.82) is 0 Å². The lowest BCUT2D eigenvalue weighted by atomic mass is 9.98. The molecule has 0 fully saturated rings. The third kappa shape index (κ3) is 3.77. The van der Waals surface area contributed by atoms with Crippen molar-refractivity contribution in [3.8, 4) is 0 Å². The van der Waals surface area contributed by atoms with Gasteiger partial charge in [0.05, 0.1) is 0 Å². The van der Waals surface area contributed by atoms with E-state index in [4.69, 9.17) is 0 Å². The van der Waals surface area contributed by atoms with Gasteiger partial charge < -0.3 is 0 Å². The number of fused-ring (bicyclic) bond motifs is 1. The highest BCUT2D eigenvalue weighted by molar-refractivity contribution is 8.17. The van der Waals surface area contributed by atoms with Gasteiger partial charge >= 0.3 is 11.9 Å². The Balaban J connectivity index is 1.67. The van der Waals surface area contributed by atoms with Crippen molar-refractivity contribution in [3.63, 3.8) is 0 Å². The lowest BCUT2D eigenvalue weighted by Gasteiger charge is -2.25. The minimum absolute atomic E-state index is 0.168. The zero-order valence-electron chi connectivity index (χ0n) is 16.4. The van der Waals surface area contributed by atoms with Crippen LogP contribution in [0.15, 0.2) is 65.1 Å². The molecule has 0 radical (unpaired) electrons. The van der Waals surface area contributed by atoms with Crippen LogP contribution in [0.5, 0.6) is 0 Å². The molecular formula is C23H22FN2O2S+. The normalized spacial score (nSPS) is 19.3. The fourth-order valence-corrected chi connectivity index (χ4v) is 4.97. The number of amides is 3. The molecule has 29 heavy (non-hydrogen) atoms. The third-order valence-electron chi connectivity index (χ3n) is 5.43. The van der Waals surface area contributed by atoms with E-state index in [1.54, 1.807) is 16.7 Å². The molecule has 0 saturated carbocycles. The van der Waals surface area contributed by atoms with Crippen molar-refractivity contribution >= 4 is 28.7 Å². The molecule has 0 N–H and O–H groups in total. The van der Waals surface area contributed by atoms with Gasteiger partial charge in [0.25, 0.3) is 0 Å². The largest absolute Gasteiger partial charge is 0.501 e. The Hall–Kier alpha value is -2.73. The van der Waals surface area contributed by atoms with Crippen molar-refractivity contribution in [1.82, 2.24) is 4.90 Å². The van der Waals surface area contributed by atoms with Gasteiger partial charge in [-0.3, -0.25) is 0 Å². The van der Waals surface area contributed by atoms with E-state index in [0.29, 0.717) is 18.5 Å². The maximum Gasteiger partial charge on any atom is 0.501 e. The van der Waals surface area contributed by atoms with Gasteiger partial charge in [0.2, 0.25) is 0 Å². The van der Waals surface area contributed by atoms with Gasteiger partial charge in [0.1, 0.15) is 18.9 Å². The van der Waals surface area contributed by atoms with Crippen LogP contribution in [0.2, 0.25) is 0 Å². The highest BCUT2D eigenvalue weighted by Gasteiger charge is 2.51. The Morgan fingerprint density at radius 2 is 1.76 bits per heavy atom. The summed E-state index contributed by atoms with van der Waals surface area (Å²) in [6.45, 7) is 4.48. The van der Waals surface area contributed by atoms with Crippen LogP contribution < -0.4 is 0 Å². The van der Waals surface area contributed by atoms with E-state index in [9.17, 15) is 14.0 Å². The third-order valence-corrected chi connectivity index (χ3v) is 6.72. The minimum Gasteiger partial charge on any atom is -0.245 e. The first-order valence-electron chi connectivity index (χ1n) is 9.59. The number of hydrogen-bond donors (Lipinski definition) is 0. The van der Waals surface area contributed by atoms with E-state index in [2.05, 4.69) is 0 Å². The number of allylic oxidation sites excluding steroid dienone is 1. The number of imide groups is 1. The number of halogens is 1.